The van der Waals surface area contributed by atoms with Crippen molar-refractivity contribution in [3.05, 3.63) is 0 Å². The molecule has 1 atom stereocenters. The molecule has 1 aliphatic rings. The summed E-state index contributed by atoms with van der Waals surface area (Å²) in [5.74, 6) is 1.18. The van der Waals surface area contributed by atoms with Gasteiger partial charge in [-0.2, -0.15) is 15.0 Å². The van der Waals surface area contributed by atoms with Crippen LogP contribution in [0.25, 0.3) is 0 Å². The first kappa shape index (κ1) is 14.8. The lowest BCUT2D eigenvalue weighted by Crippen LogP contribution is -2.31. The van der Waals surface area contributed by atoms with E-state index in [4.69, 9.17) is 15.2 Å². The monoisotopic (exact) mass is 281 g/mol. The van der Waals surface area contributed by atoms with E-state index in [0.717, 1.165) is 26.1 Å². The van der Waals surface area contributed by atoms with Gasteiger partial charge in [-0.3, -0.25) is 0 Å². The molecular weight excluding hydrogens is 258 g/mol. The van der Waals surface area contributed by atoms with Crippen molar-refractivity contribution in [2.45, 2.75) is 45.8 Å². The van der Waals surface area contributed by atoms with Crippen molar-refractivity contribution < 1.29 is 9.47 Å². The molecule has 7 heteroatoms. The third-order valence-electron chi connectivity index (χ3n) is 3.30. The highest BCUT2D eigenvalue weighted by Crippen LogP contribution is 2.21. The Bertz CT molecular complexity index is 435. The quantitative estimate of drug-likeness (QED) is 0.843. The number of hydrogen-bond donors (Lipinski definition) is 2. The predicted octanol–water partition coefficient (Wildman–Crippen LogP) is 1.47. The number of ether oxygens (including phenoxy) is 2. The average Bonchev–Trinajstić information content (AvgIpc) is 2.38. The topological polar surface area (TPSA) is 95.2 Å². The fourth-order valence-electron chi connectivity index (χ4n) is 2.24. The van der Waals surface area contributed by atoms with Crippen LogP contribution in [0.5, 0.6) is 6.01 Å². The zero-order valence-corrected chi connectivity index (χ0v) is 12.3. The minimum atomic E-state index is -0.00225. The molecule has 3 N–H and O–H groups in total. The lowest BCUT2D eigenvalue weighted by molar-refractivity contribution is 0.0621. The number of nitrogens with zero attached hydrogens (tertiary/aromatic N) is 3. The third kappa shape index (κ3) is 4.19. The second-order valence-electron chi connectivity index (χ2n) is 5.35. The van der Waals surface area contributed by atoms with Crippen LogP contribution in [-0.4, -0.2) is 40.3 Å². The van der Waals surface area contributed by atoms with Gasteiger partial charge in [-0.15, -0.1) is 0 Å². The lowest BCUT2D eigenvalue weighted by Gasteiger charge is -2.28. The Morgan fingerprint density at radius 3 is 2.55 bits per heavy atom. The number of rotatable bonds is 5. The fraction of sp³-hybridized carbons (Fsp3) is 0.769. The van der Waals surface area contributed by atoms with Crippen molar-refractivity contribution in [1.29, 1.82) is 0 Å². The third-order valence-corrected chi connectivity index (χ3v) is 3.30. The van der Waals surface area contributed by atoms with Crippen LogP contribution in [-0.2, 0) is 4.74 Å². The van der Waals surface area contributed by atoms with Gasteiger partial charge in [-0.25, -0.2) is 0 Å². The molecule has 0 aromatic carbocycles. The molecule has 1 fully saturated rings. The summed E-state index contributed by atoms with van der Waals surface area (Å²) in [6, 6.07) is 0.516. The SMILES string of the molecule is CC(C)Oc1nc(N)nc(NC(C)C2CCOCC2)n1. The van der Waals surface area contributed by atoms with Crippen molar-refractivity contribution >= 4 is 11.9 Å². The van der Waals surface area contributed by atoms with Crippen molar-refractivity contribution in [3.8, 4) is 6.01 Å². The molecule has 0 aliphatic carbocycles. The molecule has 0 spiro atoms. The molecule has 1 aromatic heterocycles. The van der Waals surface area contributed by atoms with Crippen LogP contribution in [0, 0.1) is 5.92 Å². The van der Waals surface area contributed by atoms with E-state index < -0.39 is 0 Å². The van der Waals surface area contributed by atoms with Crippen molar-refractivity contribution in [2.75, 3.05) is 24.3 Å². The fourth-order valence-corrected chi connectivity index (χ4v) is 2.24. The summed E-state index contributed by atoms with van der Waals surface area (Å²) in [5.41, 5.74) is 5.69. The van der Waals surface area contributed by atoms with E-state index in [2.05, 4.69) is 27.2 Å². The summed E-state index contributed by atoms with van der Waals surface area (Å²) in [5, 5.41) is 3.29. The predicted molar refractivity (Wildman–Crippen MR) is 76.6 cm³/mol. The van der Waals surface area contributed by atoms with Crippen LogP contribution >= 0.6 is 0 Å². The molecule has 0 radical (unpaired) electrons. The van der Waals surface area contributed by atoms with Gasteiger partial charge in [0.1, 0.15) is 0 Å². The highest BCUT2D eigenvalue weighted by Gasteiger charge is 2.21. The van der Waals surface area contributed by atoms with Crippen LogP contribution in [0.15, 0.2) is 0 Å². The number of hydrogen-bond acceptors (Lipinski definition) is 7. The van der Waals surface area contributed by atoms with Crippen molar-refractivity contribution in [2.24, 2.45) is 5.92 Å². The highest BCUT2D eigenvalue weighted by atomic mass is 16.5. The summed E-state index contributed by atoms with van der Waals surface area (Å²) in [6.45, 7) is 7.59. The first-order valence-electron chi connectivity index (χ1n) is 7.07. The van der Waals surface area contributed by atoms with Crippen LogP contribution in [0.3, 0.4) is 0 Å². The molecule has 2 heterocycles. The van der Waals surface area contributed by atoms with Gasteiger partial charge in [0.2, 0.25) is 11.9 Å². The van der Waals surface area contributed by atoms with Gasteiger partial charge < -0.3 is 20.5 Å². The van der Waals surface area contributed by atoms with Gasteiger partial charge >= 0.3 is 6.01 Å². The first-order chi connectivity index (χ1) is 9.54. The van der Waals surface area contributed by atoms with Crippen LogP contribution in [0.1, 0.15) is 33.6 Å². The molecule has 0 bridgehead atoms. The van der Waals surface area contributed by atoms with E-state index in [1.54, 1.807) is 0 Å². The summed E-state index contributed by atoms with van der Waals surface area (Å²) >= 11 is 0. The molecule has 0 saturated carbocycles. The number of aromatic nitrogens is 3. The van der Waals surface area contributed by atoms with Crippen molar-refractivity contribution in [1.82, 2.24) is 15.0 Å². The number of nitrogen functional groups attached to an aromatic ring is 1. The molecule has 1 saturated heterocycles. The molecule has 112 valence electrons. The molecule has 7 nitrogen and oxygen atoms in total. The van der Waals surface area contributed by atoms with Crippen LogP contribution in [0.4, 0.5) is 11.9 Å². The van der Waals surface area contributed by atoms with E-state index in [9.17, 15) is 0 Å². The summed E-state index contributed by atoms with van der Waals surface area (Å²) in [6.07, 6.45) is 2.09. The van der Waals surface area contributed by atoms with Crippen LogP contribution in [0.2, 0.25) is 0 Å². The van der Waals surface area contributed by atoms with Gasteiger partial charge in [0.15, 0.2) is 0 Å². The standard InChI is InChI=1S/C13H23N5O2/c1-8(2)20-13-17-11(14)16-12(18-13)15-9(3)10-4-6-19-7-5-10/h8-10H,4-7H2,1-3H3,(H3,14,15,16,17,18). The maximum Gasteiger partial charge on any atom is 0.323 e. The highest BCUT2D eigenvalue weighted by molar-refractivity contribution is 5.33. The summed E-state index contributed by atoms with van der Waals surface area (Å²) < 4.78 is 10.8. The van der Waals surface area contributed by atoms with Crippen molar-refractivity contribution in [3.63, 3.8) is 0 Å². The van der Waals surface area contributed by atoms with Crippen LogP contribution < -0.4 is 15.8 Å². The molecule has 1 unspecified atom stereocenters. The Labute approximate surface area is 119 Å². The normalized spacial score (nSPS) is 18.0. The van der Waals surface area contributed by atoms with E-state index >= 15 is 0 Å². The molecule has 1 aromatic rings. The molecule has 2 rings (SSSR count). The number of nitrogens with one attached hydrogen (secondary N) is 1. The Kier molecular flexibility index (Phi) is 4.94. The number of anilines is 2. The summed E-state index contributed by atoms with van der Waals surface area (Å²) in [7, 11) is 0. The zero-order valence-electron chi connectivity index (χ0n) is 12.3. The maximum atomic E-state index is 5.69. The van der Waals surface area contributed by atoms with Gasteiger partial charge in [0.05, 0.1) is 6.10 Å². The van der Waals surface area contributed by atoms with Gasteiger partial charge in [0, 0.05) is 19.3 Å². The minimum Gasteiger partial charge on any atom is -0.461 e. The molecule has 0 amide bonds. The van der Waals surface area contributed by atoms with Gasteiger partial charge in [-0.1, -0.05) is 0 Å². The van der Waals surface area contributed by atoms with E-state index in [1.165, 1.54) is 0 Å². The molecule has 20 heavy (non-hydrogen) atoms. The Morgan fingerprint density at radius 2 is 1.90 bits per heavy atom. The lowest BCUT2D eigenvalue weighted by atomic mass is 9.93. The smallest absolute Gasteiger partial charge is 0.323 e. The Hall–Kier alpha value is -1.63. The summed E-state index contributed by atoms with van der Waals surface area (Å²) in [4.78, 5) is 12.3. The number of nitrogens with two attached hydrogens (primary N) is 1. The Balaban J connectivity index is 2.02. The second-order valence-corrected chi connectivity index (χ2v) is 5.35. The molecule has 1 aliphatic heterocycles. The average molecular weight is 281 g/mol. The van der Waals surface area contributed by atoms with E-state index in [1.807, 2.05) is 13.8 Å². The minimum absolute atomic E-state index is 0.00225. The maximum absolute atomic E-state index is 5.69. The van der Waals surface area contributed by atoms with Gasteiger partial charge in [-0.05, 0) is 39.5 Å². The van der Waals surface area contributed by atoms with Gasteiger partial charge in [0.25, 0.3) is 0 Å². The second kappa shape index (κ2) is 6.69. The van der Waals surface area contributed by atoms with E-state index in [-0.39, 0.29) is 24.1 Å². The largest absolute Gasteiger partial charge is 0.461 e. The van der Waals surface area contributed by atoms with E-state index in [0.29, 0.717) is 11.9 Å². The molecular formula is C13H23N5O2. The zero-order chi connectivity index (χ0) is 14.5. The first-order valence-corrected chi connectivity index (χ1v) is 7.07. The Morgan fingerprint density at radius 1 is 1.20 bits per heavy atom.